The number of hydrogen-bond donors (Lipinski definition) is 4. The Hall–Kier alpha value is -2.69. The number of thiazole rings is 1. The number of nitrogens with one attached hydrogen (secondary N) is 1. The maximum atomic E-state index is 12.6. The second kappa shape index (κ2) is 8.76. The Morgan fingerprint density at radius 3 is 2.90 bits per heavy atom. The average molecular weight is 454 g/mol. The van der Waals surface area contributed by atoms with Crippen molar-refractivity contribution in [2.45, 2.75) is 18.3 Å². The van der Waals surface area contributed by atoms with Gasteiger partial charge in [0.15, 0.2) is 10.8 Å². The van der Waals surface area contributed by atoms with Gasteiger partial charge < -0.3 is 21.4 Å². The van der Waals surface area contributed by atoms with Crippen molar-refractivity contribution < 1.29 is 24.7 Å². The fourth-order valence-corrected chi connectivity index (χ4v) is 5.71. The first-order chi connectivity index (χ1) is 13.9. The number of fused-ring (bicyclic) bond motifs is 1. The summed E-state index contributed by atoms with van der Waals surface area (Å²) in [6.45, 7) is 1.69. The van der Waals surface area contributed by atoms with Crippen LogP contribution in [0.25, 0.3) is 0 Å². The largest absolute Gasteiger partial charge is 0.477 e. The molecule has 1 aromatic heterocycles. The van der Waals surface area contributed by atoms with Crippen LogP contribution in [0, 0.1) is 11.8 Å². The van der Waals surface area contributed by atoms with Crippen LogP contribution in [-0.4, -0.2) is 66.6 Å². The Balaban J connectivity index is 1.75. The van der Waals surface area contributed by atoms with Gasteiger partial charge in [-0.05, 0) is 6.92 Å². The molecule has 2 aliphatic heterocycles. The zero-order valence-corrected chi connectivity index (χ0v) is 17.4. The highest BCUT2D eigenvalue weighted by Crippen LogP contribution is 2.43. The van der Waals surface area contributed by atoms with Crippen molar-refractivity contribution >= 4 is 63.5 Å². The van der Waals surface area contributed by atoms with Gasteiger partial charge in [0.25, 0.3) is 11.8 Å². The van der Waals surface area contributed by atoms with Crippen molar-refractivity contribution in [2.24, 2.45) is 5.16 Å². The van der Waals surface area contributed by atoms with Gasteiger partial charge in [0.1, 0.15) is 22.8 Å². The lowest BCUT2D eigenvalue weighted by Crippen LogP contribution is -2.71. The van der Waals surface area contributed by atoms with Gasteiger partial charge >= 0.3 is 5.97 Å². The van der Waals surface area contributed by atoms with Crippen LogP contribution in [-0.2, 0) is 14.4 Å². The maximum absolute atomic E-state index is 12.6. The van der Waals surface area contributed by atoms with Crippen molar-refractivity contribution in [3.05, 3.63) is 21.7 Å². The van der Waals surface area contributed by atoms with Gasteiger partial charge in [-0.15, -0.1) is 40.8 Å². The Morgan fingerprint density at radius 2 is 2.31 bits per heavy atom. The third-order valence-corrected chi connectivity index (χ3v) is 7.11. The highest BCUT2D eigenvalue weighted by molar-refractivity contribution is 8.06. The monoisotopic (exact) mass is 453 g/mol. The molecule has 1 aromatic rings. The van der Waals surface area contributed by atoms with Gasteiger partial charge in [-0.1, -0.05) is 11.1 Å². The third kappa shape index (κ3) is 4.04. The number of thioether (sulfide) groups is 2. The van der Waals surface area contributed by atoms with E-state index in [1.165, 1.54) is 33.8 Å². The Bertz CT molecular complexity index is 993. The summed E-state index contributed by atoms with van der Waals surface area (Å²) in [5.74, 6) is 3.80. The molecular weight excluding hydrogens is 438 g/mol. The normalized spacial score (nSPS) is 21.1. The molecule has 2 amide bonds. The fraction of sp³-hybridized carbons (Fsp3) is 0.312. The molecule has 0 saturated carbocycles. The van der Waals surface area contributed by atoms with E-state index in [1.54, 1.807) is 6.92 Å². The molecule has 29 heavy (non-hydrogen) atoms. The first-order valence-corrected chi connectivity index (χ1v) is 11.0. The van der Waals surface area contributed by atoms with Gasteiger partial charge in [0.05, 0.1) is 5.75 Å². The molecule has 1 saturated heterocycles. The molecule has 3 heterocycles. The number of β-lactam (4-membered cyclic amide) rings is 1. The van der Waals surface area contributed by atoms with E-state index in [0.717, 1.165) is 11.3 Å². The van der Waals surface area contributed by atoms with Crippen LogP contribution in [0.1, 0.15) is 12.6 Å². The van der Waals surface area contributed by atoms with E-state index in [0.29, 0.717) is 16.4 Å². The van der Waals surface area contributed by atoms with E-state index in [-0.39, 0.29) is 22.2 Å². The van der Waals surface area contributed by atoms with Gasteiger partial charge in [-0.2, -0.15) is 0 Å². The smallest absolute Gasteiger partial charge is 0.353 e. The molecule has 1 fully saturated rings. The predicted molar refractivity (Wildman–Crippen MR) is 110 cm³/mol. The number of aromatic nitrogens is 1. The van der Waals surface area contributed by atoms with E-state index >= 15 is 0 Å². The molecule has 0 aliphatic carbocycles. The van der Waals surface area contributed by atoms with Gasteiger partial charge in [0, 0.05) is 16.0 Å². The lowest BCUT2D eigenvalue weighted by Gasteiger charge is -2.49. The molecule has 13 heteroatoms. The van der Waals surface area contributed by atoms with Crippen molar-refractivity contribution in [2.75, 3.05) is 17.2 Å². The van der Waals surface area contributed by atoms with Crippen LogP contribution in [0.15, 0.2) is 21.1 Å². The number of rotatable bonds is 6. The third-order valence-electron chi connectivity index (χ3n) is 4.00. The highest BCUT2D eigenvalue weighted by atomic mass is 32.2. The Morgan fingerprint density at radius 1 is 1.55 bits per heavy atom. The average Bonchev–Trinajstić information content (AvgIpc) is 3.12. The molecule has 10 nitrogen and oxygen atoms in total. The van der Waals surface area contributed by atoms with Crippen LogP contribution in [0.4, 0.5) is 5.13 Å². The predicted octanol–water partition coefficient (Wildman–Crippen LogP) is 0.356. The molecule has 5 N–H and O–H groups in total. The zero-order valence-electron chi connectivity index (χ0n) is 14.9. The fourth-order valence-electron chi connectivity index (χ4n) is 2.72. The van der Waals surface area contributed by atoms with Crippen LogP contribution in [0.2, 0.25) is 0 Å². The number of anilines is 1. The summed E-state index contributed by atoms with van der Waals surface area (Å²) < 4.78 is 0. The molecule has 0 aromatic carbocycles. The quantitative estimate of drug-likeness (QED) is 0.157. The van der Waals surface area contributed by atoms with Crippen LogP contribution in [0.3, 0.4) is 0 Å². The standard InChI is InChI=1S/C16H15N5O5S3/c1-2-3-4-27-8-6-28-14-10(13(23)21(14)11(8)15(24)25)19-12(22)9(20-26)7-5-29-16(17)18-7/h5,10,14,26H,4,6H2,1H3,(H2,17,18)(H,19,22)(H,24,25)/b20-9-/t10-,14+/m1/s1. The van der Waals surface area contributed by atoms with Crippen LogP contribution in [0.5, 0.6) is 0 Å². The number of hydrogen-bond acceptors (Lipinski definition) is 10. The number of oxime groups is 1. The summed E-state index contributed by atoms with van der Waals surface area (Å²) >= 11 is 3.68. The first kappa shape index (κ1) is 21.0. The molecule has 2 aliphatic rings. The number of carbonyl (C=O) groups excluding carboxylic acids is 2. The zero-order chi connectivity index (χ0) is 21.1. The minimum absolute atomic E-state index is 0.0780. The first-order valence-electron chi connectivity index (χ1n) is 8.06. The van der Waals surface area contributed by atoms with Crippen LogP contribution >= 0.6 is 34.9 Å². The highest BCUT2D eigenvalue weighted by Gasteiger charge is 2.54. The second-order valence-corrected chi connectivity index (χ2v) is 8.74. The molecule has 0 spiro atoms. The second-order valence-electron chi connectivity index (χ2n) is 5.67. The summed E-state index contributed by atoms with van der Waals surface area (Å²) in [6.07, 6.45) is 0. The summed E-state index contributed by atoms with van der Waals surface area (Å²) in [6, 6.07) is -0.948. The summed E-state index contributed by atoms with van der Waals surface area (Å²) in [5, 5.41) is 25.3. The van der Waals surface area contributed by atoms with E-state index < -0.39 is 29.2 Å². The van der Waals surface area contributed by atoms with Gasteiger partial charge in [-0.3, -0.25) is 14.5 Å². The number of nitrogen functional groups attached to an aromatic ring is 1. The number of nitrogens with two attached hydrogens (primary N) is 1. The van der Waals surface area contributed by atoms with Gasteiger partial charge in [-0.25, -0.2) is 9.78 Å². The molecule has 0 bridgehead atoms. The lowest BCUT2D eigenvalue weighted by molar-refractivity contribution is -0.150. The SMILES string of the molecule is CC#CCSC1=C(C(=O)O)N2C(=O)[C@@H](NC(=O)/C(=N\O)c3csc(N)n3)[C@@H]2SC1. The molecular formula is C16H15N5O5S3. The molecule has 3 rings (SSSR count). The molecule has 2 atom stereocenters. The number of nitrogens with zero attached hydrogens (tertiary/aromatic N) is 3. The minimum Gasteiger partial charge on any atom is -0.477 e. The Labute approximate surface area is 177 Å². The Kier molecular flexibility index (Phi) is 6.36. The lowest BCUT2D eigenvalue weighted by atomic mass is 10.0. The minimum atomic E-state index is -1.21. The van der Waals surface area contributed by atoms with Crippen molar-refractivity contribution in [1.82, 2.24) is 15.2 Å². The topological polar surface area (TPSA) is 158 Å². The summed E-state index contributed by atoms with van der Waals surface area (Å²) in [5.41, 5.74) is 5.13. The van der Waals surface area contributed by atoms with E-state index in [2.05, 4.69) is 27.3 Å². The maximum Gasteiger partial charge on any atom is 0.353 e. The van der Waals surface area contributed by atoms with Crippen LogP contribution < -0.4 is 11.1 Å². The summed E-state index contributed by atoms with van der Waals surface area (Å²) in [7, 11) is 0. The van der Waals surface area contributed by atoms with Crippen molar-refractivity contribution in [3.63, 3.8) is 0 Å². The van der Waals surface area contributed by atoms with E-state index in [4.69, 9.17) is 10.9 Å². The molecule has 152 valence electrons. The number of carboxylic acids is 1. The van der Waals surface area contributed by atoms with E-state index in [9.17, 15) is 19.5 Å². The molecule has 0 radical (unpaired) electrons. The summed E-state index contributed by atoms with van der Waals surface area (Å²) in [4.78, 5) is 42.4. The molecule has 0 unspecified atom stereocenters. The van der Waals surface area contributed by atoms with Gasteiger partial charge in [0.2, 0.25) is 0 Å². The van der Waals surface area contributed by atoms with Crippen molar-refractivity contribution in [1.29, 1.82) is 0 Å². The number of carbonyl (C=O) groups is 3. The number of carboxylic acid groups (broad SMARTS) is 1. The van der Waals surface area contributed by atoms with E-state index in [1.807, 2.05) is 0 Å². The number of aliphatic carboxylic acids is 1. The number of amides is 2. The van der Waals surface area contributed by atoms with Crippen molar-refractivity contribution in [3.8, 4) is 11.8 Å².